The van der Waals surface area contributed by atoms with E-state index in [1.54, 1.807) is 14.2 Å². The summed E-state index contributed by atoms with van der Waals surface area (Å²) in [6, 6.07) is 6.38. The highest BCUT2D eigenvalue weighted by Gasteiger charge is 2.15. The summed E-state index contributed by atoms with van der Waals surface area (Å²) in [7, 11) is 3.41. The lowest BCUT2D eigenvalue weighted by molar-refractivity contribution is 0.0873. The number of hydrogen-bond acceptors (Lipinski definition) is 4. The molecule has 114 valence electrons. The van der Waals surface area contributed by atoms with Crippen molar-refractivity contribution in [3.8, 4) is 5.75 Å². The standard InChI is InChI=1S/C16H27NO3/c1-5-17-15(12-20-10-6-9-18-3)14-11-13(2)7-8-16(14)19-4/h7-8,11,15,17H,5-6,9-10,12H2,1-4H3. The highest BCUT2D eigenvalue weighted by Crippen LogP contribution is 2.26. The van der Waals surface area contributed by atoms with Crippen LogP contribution in [0, 0.1) is 6.92 Å². The van der Waals surface area contributed by atoms with E-state index in [4.69, 9.17) is 14.2 Å². The van der Waals surface area contributed by atoms with Crippen LogP contribution in [0.1, 0.15) is 30.5 Å². The summed E-state index contributed by atoms with van der Waals surface area (Å²) in [5.41, 5.74) is 2.38. The van der Waals surface area contributed by atoms with Crippen molar-refractivity contribution in [2.45, 2.75) is 26.3 Å². The maximum Gasteiger partial charge on any atom is 0.123 e. The Morgan fingerprint density at radius 3 is 2.65 bits per heavy atom. The van der Waals surface area contributed by atoms with E-state index < -0.39 is 0 Å². The van der Waals surface area contributed by atoms with Gasteiger partial charge in [-0.1, -0.05) is 24.6 Å². The Hall–Kier alpha value is -1.10. The number of ether oxygens (including phenoxy) is 3. The lowest BCUT2D eigenvalue weighted by Crippen LogP contribution is -2.26. The second-order valence-corrected chi connectivity index (χ2v) is 4.78. The summed E-state index contributed by atoms with van der Waals surface area (Å²) in [6.45, 7) is 7.16. The van der Waals surface area contributed by atoms with E-state index in [-0.39, 0.29) is 6.04 Å². The van der Waals surface area contributed by atoms with E-state index in [0.29, 0.717) is 13.2 Å². The molecule has 4 heteroatoms. The van der Waals surface area contributed by atoms with Gasteiger partial charge < -0.3 is 19.5 Å². The Morgan fingerprint density at radius 2 is 2.00 bits per heavy atom. The van der Waals surface area contributed by atoms with Crippen molar-refractivity contribution in [3.63, 3.8) is 0 Å². The number of likely N-dealkylation sites (N-methyl/N-ethyl adjacent to an activating group) is 1. The number of nitrogens with one attached hydrogen (secondary N) is 1. The highest BCUT2D eigenvalue weighted by atomic mass is 16.5. The summed E-state index contributed by atoms with van der Waals surface area (Å²) < 4.78 is 16.2. The Labute approximate surface area is 122 Å². The fourth-order valence-corrected chi connectivity index (χ4v) is 2.14. The second-order valence-electron chi connectivity index (χ2n) is 4.78. The number of aryl methyl sites for hydroxylation is 1. The van der Waals surface area contributed by atoms with Gasteiger partial charge in [-0.3, -0.25) is 0 Å². The Kier molecular flexibility index (Phi) is 8.26. The van der Waals surface area contributed by atoms with Crippen molar-refractivity contribution in [3.05, 3.63) is 29.3 Å². The van der Waals surface area contributed by atoms with Gasteiger partial charge in [0.1, 0.15) is 5.75 Å². The third kappa shape index (κ3) is 5.49. The van der Waals surface area contributed by atoms with E-state index >= 15 is 0 Å². The zero-order valence-electron chi connectivity index (χ0n) is 13.1. The van der Waals surface area contributed by atoms with Gasteiger partial charge in [0.25, 0.3) is 0 Å². The van der Waals surface area contributed by atoms with Crippen molar-refractivity contribution >= 4 is 0 Å². The third-order valence-electron chi connectivity index (χ3n) is 3.13. The molecule has 0 fully saturated rings. The van der Waals surface area contributed by atoms with Crippen LogP contribution in [0.3, 0.4) is 0 Å². The van der Waals surface area contributed by atoms with Gasteiger partial charge in [-0.25, -0.2) is 0 Å². The minimum Gasteiger partial charge on any atom is -0.496 e. The van der Waals surface area contributed by atoms with E-state index in [1.807, 2.05) is 6.07 Å². The zero-order valence-corrected chi connectivity index (χ0v) is 13.1. The second kappa shape index (κ2) is 9.75. The first-order valence-electron chi connectivity index (χ1n) is 7.17. The maximum atomic E-state index is 5.75. The summed E-state index contributed by atoms with van der Waals surface area (Å²) in [6.07, 6.45) is 0.917. The molecule has 0 saturated carbocycles. The molecule has 0 aliphatic heterocycles. The topological polar surface area (TPSA) is 39.7 Å². The van der Waals surface area contributed by atoms with Crippen LogP contribution in [0.5, 0.6) is 5.75 Å². The molecule has 4 nitrogen and oxygen atoms in total. The first-order valence-corrected chi connectivity index (χ1v) is 7.17. The van der Waals surface area contributed by atoms with Gasteiger partial charge in [-0.05, 0) is 26.0 Å². The molecule has 0 aromatic heterocycles. The lowest BCUT2D eigenvalue weighted by atomic mass is 10.0. The molecular formula is C16H27NO3. The quantitative estimate of drug-likeness (QED) is 0.669. The molecule has 1 aromatic rings. The van der Waals surface area contributed by atoms with E-state index in [9.17, 15) is 0 Å². The molecule has 0 bridgehead atoms. The Morgan fingerprint density at radius 1 is 1.20 bits per heavy atom. The van der Waals surface area contributed by atoms with Crippen molar-refractivity contribution in [2.75, 3.05) is 40.6 Å². The average molecular weight is 281 g/mol. The van der Waals surface area contributed by atoms with Crippen molar-refractivity contribution in [2.24, 2.45) is 0 Å². The molecule has 0 amide bonds. The van der Waals surface area contributed by atoms with Gasteiger partial charge in [-0.15, -0.1) is 0 Å². The molecule has 0 heterocycles. The summed E-state index contributed by atoms with van der Waals surface area (Å²) in [5.74, 6) is 0.905. The van der Waals surface area contributed by atoms with E-state index in [2.05, 4.69) is 31.3 Å². The van der Waals surface area contributed by atoms with E-state index in [1.165, 1.54) is 5.56 Å². The molecule has 1 rings (SSSR count). The molecule has 0 saturated heterocycles. The van der Waals surface area contributed by atoms with Gasteiger partial charge in [0.05, 0.1) is 19.8 Å². The largest absolute Gasteiger partial charge is 0.496 e. The molecular weight excluding hydrogens is 254 g/mol. The molecule has 0 aliphatic rings. The molecule has 1 unspecified atom stereocenters. The van der Waals surface area contributed by atoms with Gasteiger partial charge in [-0.2, -0.15) is 0 Å². The van der Waals surface area contributed by atoms with Crippen LogP contribution in [-0.2, 0) is 9.47 Å². The van der Waals surface area contributed by atoms with Crippen LogP contribution in [0.25, 0.3) is 0 Å². The van der Waals surface area contributed by atoms with Gasteiger partial charge >= 0.3 is 0 Å². The summed E-state index contributed by atoms with van der Waals surface area (Å²) >= 11 is 0. The molecule has 0 aliphatic carbocycles. The SMILES string of the molecule is CCNC(COCCCOC)c1cc(C)ccc1OC. The third-order valence-corrected chi connectivity index (χ3v) is 3.13. The summed E-state index contributed by atoms with van der Waals surface area (Å²) in [4.78, 5) is 0. The van der Waals surface area contributed by atoms with Crippen molar-refractivity contribution in [1.82, 2.24) is 5.32 Å². The zero-order chi connectivity index (χ0) is 14.8. The maximum absolute atomic E-state index is 5.75. The molecule has 1 aromatic carbocycles. The Balaban J connectivity index is 2.67. The fraction of sp³-hybridized carbons (Fsp3) is 0.625. The minimum atomic E-state index is 0.150. The number of hydrogen-bond donors (Lipinski definition) is 1. The molecule has 1 atom stereocenters. The number of benzene rings is 1. The molecule has 0 radical (unpaired) electrons. The van der Waals surface area contributed by atoms with Gasteiger partial charge in [0.2, 0.25) is 0 Å². The molecule has 0 spiro atoms. The van der Waals surface area contributed by atoms with Crippen LogP contribution in [0.15, 0.2) is 18.2 Å². The Bertz CT molecular complexity index is 382. The van der Waals surface area contributed by atoms with Crippen LogP contribution in [0.2, 0.25) is 0 Å². The number of methoxy groups -OCH3 is 2. The average Bonchev–Trinajstić information content (AvgIpc) is 2.46. The first-order chi connectivity index (χ1) is 9.72. The van der Waals surface area contributed by atoms with Crippen LogP contribution < -0.4 is 10.1 Å². The van der Waals surface area contributed by atoms with Gasteiger partial charge in [0.15, 0.2) is 0 Å². The fourth-order valence-electron chi connectivity index (χ4n) is 2.14. The van der Waals surface area contributed by atoms with Crippen molar-refractivity contribution < 1.29 is 14.2 Å². The van der Waals surface area contributed by atoms with Crippen molar-refractivity contribution in [1.29, 1.82) is 0 Å². The molecule has 1 N–H and O–H groups in total. The smallest absolute Gasteiger partial charge is 0.123 e. The first kappa shape index (κ1) is 17.0. The number of rotatable bonds is 10. The lowest BCUT2D eigenvalue weighted by Gasteiger charge is -2.21. The van der Waals surface area contributed by atoms with Crippen LogP contribution >= 0.6 is 0 Å². The summed E-state index contributed by atoms with van der Waals surface area (Å²) in [5, 5.41) is 3.46. The van der Waals surface area contributed by atoms with E-state index in [0.717, 1.165) is 30.9 Å². The highest BCUT2D eigenvalue weighted by molar-refractivity contribution is 5.39. The predicted octanol–water partition coefficient (Wildman–Crippen LogP) is 2.71. The molecule has 20 heavy (non-hydrogen) atoms. The minimum absolute atomic E-state index is 0.150. The predicted molar refractivity (Wildman–Crippen MR) is 81.5 cm³/mol. The van der Waals surface area contributed by atoms with Crippen LogP contribution in [0.4, 0.5) is 0 Å². The normalized spacial score (nSPS) is 12.4. The van der Waals surface area contributed by atoms with Crippen LogP contribution in [-0.4, -0.2) is 40.6 Å². The van der Waals surface area contributed by atoms with Gasteiger partial charge in [0, 0.05) is 25.9 Å². The monoisotopic (exact) mass is 281 g/mol.